The van der Waals surface area contributed by atoms with E-state index in [4.69, 9.17) is 4.12 Å². The van der Waals surface area contributed by atoms with Gasteiger partial charge >= 0.3 is 0 Å². The number of nitrogens with two attached hydrogens (primary N) is 7. The zero-order valence-corrected chi connectivity index (χ0v) is 21.0. The first-order valence-corrected chi connectivity index (χ1v) is 19.3. The molecule has 0 fully saturated rings. The first-order chi connectivity index (χ1) is 9.56. The lowest BCUT2D eigenvalue weighted by Crippen LogP contribution is -2.65. The van der Waals surface area contributed by atoms with E-state index in [-0.39, 0.29) is 14.9 Å². The van der Waals surface area contributed by atoms with E-state index in [1.54, 1.807) is 0 Å². The van der Waals surface area contributed by atoms with Crippen LogP contribution in [0.1, 0.15) is 28.7 Å². The quantitative estimate of drug-likeness (QED) is 0.142. The summed E-state index contributed by atoms with van der Waals surface area (Å²) < 4.78 is 6.20. The Morgan fingerprint density at radius 2 is 0.917 bits per heavy atom. The lowest BCUT2D eigenvalue weighted by molar-refractivity contribution is 0.484. The zero-order chi connectivity index (χ0) is 19.2. The lowest BCUT2D eigenvalue weighted by atomic mass is 10.8. The van der Waals surface area contributed by atoms with Crippen LogP contribution in [0.15, 0.2) is 0 Å². The molecule has 0 aromatic carbocycles. The topological polar surface area (TPSA) is 191 Å². The monoisotopic (exact) mass is 613 g/mol. The SMILES string of the molecule is C.C.CC[Si](C)(C)O[Si](C)(C)CC.II.NC(N)(N)N.NC(N)N. The maximum Gasteiger partial charge on any atom is 0.173 e. The predicted molar refractivity (Wildman–Crippen MR) is 134 cm³/mol. The molecule has 0 aromatic rings. The van der Waals surface area contributed by atoms with E-state index in [1.165, 1.54) is 12.1 Å². The largest absolute Gasteiger partial charge is 0.456 e. The first kappa shape index (κ1) is 40.3. The highest BCUT2D eigenvalue weighted by atomic mass is 128. The number of hydrogen-bond acceptors (Lipinski definition) is 8. The molecule has 0 amide bonds. The summed E-state index contributed by atoms with van der Waals surface area (Å²) >= 11 is 4.24. The molecule has 0 heterocycles. The van der Waals surface area contributed by atoms with Crippen LogP contribution in [0.2, 0.25) is 38.3 Å². The zero-order valence-electron chi connectivity index (χ0n) is 14.7. The van der Waals surface area contributed by atoms with Gasteiger partial charge in [0.2, 0.25) is 0 Å². The van der Waals surface area contributed by atoms with Crippen molar-refractivity contribution in [2.45, 2.75) is 79.2 Å². The molecule has 0 spiro atoms. The molecule has 0 radical (unpaired) electrons. The Labute approximate surface area is 176 Å². The number of halogens is 2. The second kappa shape index (κ2) is 20.9. The van der Waals surface area contributed by atoms with Gasteiger partial charge in [0.1, 0.15) is 6.29 Å². The van der Waals surface area contributed by atoms with Crippen molar-refractivity contribution in [2.75, 3.05) is 0 Å². The molecule has 0 bridgehead atoms. The summed E-state index contributed by atoms with van der Waals surface area (Å²) in [4.78, 5) is 0. The Morgan fingerprint density at radius 3 is 1.00 bits per heavy atom. The Hall–Kier alpha value is 1.57. The van der Waals surface area contributed by atoms with Crippen LogP contribution in [-0.2, 0) is 4.12 Å². The fourth-order valence-electron chi connectivity index (χ4n) is 0.892. The maximum atomic E-state index is 6.20. The summed E-state index contributed by atoms with van der Waals surface area (Å²) in [5, 5.41) is 0. The van der Waals surface area contributed by atoms with E-state index in [0.29, 0.717) is 0 Å². The smallest absolute Gasteiger partial charge is 0.173 e. The molecule has 0 saturated carbocycles. The van der Waals surface area contributed by atoms with Gasteiger partial charge in [-0.1, -0.05) is 28.7 Å². The molecule has 14 N–H and O–H groups in total. The first-order valence-electron chi connectivity index (χ1n) is 6.83. The number of hydrogen-bond donors (Lipinski definition) is 7. The summed E-state index contributed by atoms with van der Waals surface area (Å²) in [5.74, 6) is -1.50. The van der Waals surface area contributed by atoms with E-state index in [1.807, 2.05) is 0 Å². The van der Waals surface area contributed by atoms with Crippen LogP contribution >= 0.6 is 37.2 Å². The highest BCUT2D eigenvalue weighted by molar-refractivity contribution is 15.0. The fraction of sp³-hybridized carbons (Fsp3) is 1.00. The van der Waals surface area contributed by atoms with E-state index >= 15 is 0 Å². The van der Waals surface area contributed by atoms with E-state index in [9.17, 15) is 0 Å². The van der Waals surface area contributed by atoms with Gasteiger partial charge in [-0.25, -0.2) is 0 Å². The third-order valence-corrected chi connectivity index (χ3v) is 10.1. The Kier molecular flexibility index (Phi) is 35.1. The van der Waals surface area contributed by atoms with Crippen molar-refractivity contribution in [3.8, 4) is 0 Å². The summed E-state index contributed by atoms with van der Waals surface area (Å²) in [7, 11) is -2.54. The highest BCUT2D eigenvalue weighted by Crippen LogP contribution is 2.20. The molecule has 0 unspecified atom stereocenters. The third kappa shape index (κ3) is 65.2. The maximum absolute atomic E-state index is 6.20. The van der Waals surface area contributed by atoms with Gasteiger partial charge in [-0.2, -0.15) is 0 Å². The summed E-state index contributed by atoms with van der Waals surface area (Å²) in [6, 6.07) is 2.48. The van der Waals surface area contributed by atoms with Crippen LogP contribution in [0.4, 0.5) is 0 Å². The Bertz CT molecular complexity index is 221. The average molecular weight is 614 g/mol. The second-order valence-corrected chi connectivity index (χ2v) is 15.2. The van der Waals surface area contributed by atoms with Gasteiger partial charge in [0, 0.05) is 37.2 Å². The van der Waals surface area contributed by atoms with E-state index in [2.05, 4.69) is 117 Å². The number of rotatable bonds is 4. The minimum Gasteiger partial charge on any atom is -0.456 e. The molecule has 8 nitrogen and oxygen atoms in total. The molecule has 0 aliphatic carbocycles. The molecular formula is C12H45I2N7OSi2. The molecular weight excluding hydrogens is 568 g/mol. The van der Waals surface area contributed by atoms with Crippen LogP contribution in [0.25, 0.3) is 0 Å². The molecule has 12 heteroatoms. The van der Waals surface area contributed by atoms with Crippen molar-refractivity contribution >= 4 is 53.9 Å². The van der Waals surface area contributed by atoms with Crippen LogP contribution in [0.3, 0.4) is 0 Å². The molecule has 0 aliphatic rings. The van der Waals surface area contributed by atoms with Crippen LogP contribution < -0.4 is 40.1 Å². The van der Waals surface area contributed by atoms with Crippen molar-refractivity contribution in [2.24, 2.45) is 40.1 Å². The molecule has 24 heavy (non-hydrogen) atoms. The summed E-state index contributed by atoms with van der Waals surface area (Å²) in [6.45, 7) is 13.8. The fourth-order valence-corrected chi connectivity index (χ4v) is 8.03. The normalized spacial score (nSPS) is 10.5. The molecule has 0 atom stereocenters. The van der Waals surface area contributed by atoms with Crippen molar-refractivity contribution in [3.63, 3.8) is 0 Å². The molecule has 0 rings (SSSR count). The van der Waals surface area contributed by atoms with Gasteiger partial charge < -0.3 is 21.3 Å². The van der Waals surface area contributed by atoms with Crippen molar-refractivity contribution in [3.05, 3.63) is 0 Å². The minimum absolute atomic E-state index is 0. The predicted octanol–water partition coefficient (Wildman–Crippen LogP) is 2.08. The van der Waals surface area contributed by atoms with Gasteiger partial charge in [0.05, 0.1) is 0 Å². The molecule has 0 aliphatic heterocycles. The van der Waals surface area contributed by atoms with Crippen molar-refractivity contribution in [1.29, 1.82) is 0 Å². The second-order valence-electron chi connectivity index (χ2n) is 5.91. The van der Waals surface area contributed by atoms with Crippen molar-refractivity contribution in [1.82, 2.24) is 0 Å². The average Bonchev–Trinajstić information content (AvgIpc) is 2.27. The Balaban J connectivity index is -0.0000000529. The van der Waals surface area contributed by atoms with Crippen LogP contribution in [-0.4, -0.2) is 28.8 Å². The van der Waals surface area contributed by atoms with Gasteiger partial charge in [-0.15, -0.1) is 0 Å². The van der Waals surface area contributed by atoms with Crippen LogP contribution in [0, 0.1) is 0 Å². The third-order valence-electron chi connectivity index (χ3n) is 2.26. The van der Waals surface area contributed by atoms with E-state index < -0.39 is 28.8 Å². The molecule has 0 aromatic heterocycles. The van der Waals surface area contributed by atoms with Gasteiger partial charge in [-0.3, -0.25) is 22.9 Å². The van der Waals surface area contributed by atoms with Gasteiger partial charge in [0.15, 0.2) is 22.5 Å². The minimum atomic E-state index is -1.50. The van der Waals surface area contributed by atoms with Crippen LogP contribution in [0.5, 0.6) is 0 Å². The lowest BCUT2D eigenvalue weighted by Gasteiger charge is -2.32. The van der Waals surface area contributed by atoms with Crippen molar-refractivity contribution < 1.29 is 4.12 Å². The van der Waals surface area contributed by atoms with Gasteiger partial charge in [0.25, 0.3) is 0 Å². The molecule has 0 saturated heterocycles. The van der Waals surface area contributed by atoms with E-state index in [0.717, 1.165) is 0 Å². The molecule has 156 valence electrons. The van der Waals surface area contributed by atoms with Gasteiger partial charge in [-0.05, 0) is 38.3 Å². The summed E-state index contributed by atoms with van der Waals surface area (Å²) in [5.41, 5.74) is 32.8. The Morgan fingerprint density at radius 1 is 0.792 bits per heavy atom. The summed E-state index contributed by atoms with van der Waals surface area (Å²) in [6.07, 6.45) is -0.667. The highest BCUT2D eigenvalue weighted by Gasteiger charge is 2.29. The standard InChI is InChI=1S/C8H22OSi2.CH8N4.CH7N3.2CH4.I2/c1-7-10(3,4)9-11(5,6)8-2;2-1(3,4)5;2-1(3)4;;;1-2/h7-8H2,1-6H3;2-5H2;1H,2-4H2;2*1H4;.